The van der Waals surface area contributed by atoms with Crippen molar-refractivity contribution in [2.75, 3.05) is 18.4 Å². The van der Waals surface area contributed by atoms with Gasteiger partial charge in [0.25, 0.3) is 5.91 Å². The molecule has 1 aliphatic carbocycles. The summed E-state index contributed by atoms with van der Waals surface area (Å²) in [5.74, 6) is -4.73. The van der Waals surface area contributed by atoms with E-state index in [1.54, 1.807) is 6.20 Å². The summed E-state index contributed by atoms with van der Waals surface area (Å²) in [5.41, 5.74) is 4.38. The molecule has 2 aliphatic heterocycles. The molecule has 1 saturated heterocycles. The molecule has 11 nitrogen and oxygen atoms in total. The predicted molar refractivity (Wildman–Crippen MR) is 157 cm³/mol. The number of amides is 1. The molecule has 0 unspecified atom stereocenters. The normalized spacial score (nSPS) is 16.6. The van der Waals surface area contributed by atoms with Crippen molar-refractivity contribution in [1.82, 2.24) is 19.8 Å². The Morgan fingerprint density at radius 1 is 0.979 bits per heavy atom. The minimum atomic E-state index is -5.08. The molecular weight excluding hydrogens is 650 g/mol. The third-order valence-electron chi connectivity index (χ3n) is 8.07. The van der Waals surface area contributed by atoms with Crippen LogP contribution in [0.4, 0.5) is 32.0 Å². The largest absolute Gasteiger partial charge is 0.490 e. The van der Waals surface area contributed by atoms with Gasteiger partial charge >= 0.3 is 24.3 Å². The maximum absolute atomic E-state index is 13.2. The van der Waals surface area contributed by atoms with Gasteiger partial charge in [-0.25, -0.2) is 14.6 Å². The number of aromatic nitrogens is 2. The van der Waals surface area contributed by atoms with Gasteiger partial charge in [0.15, 0.2) is 5.82 Å². The van der Waals surface area contributed by atoms with E-state index < -0.39 is 24.3 Å². The first-order valence-corrected chi connectivity index (χ1v) is 14.6. The molecule has 2 aromatic heterocycles. The van der Waals surface area contributed by atoms with Crippen LogP contribution in [0.5, 0.6) is 0 Å². The van der Waals surface area contributed by atoms with Crippen molar-refractivity contribution in [3.05, 3.63) is 77.2 Å². The molecule has 4 N–H and O–H groups in total. The van der Waals surface area contributed by atoms with Gasteiger partial charge in [0.05, 0.1) is 28.6 Å². The molecule has 1 aromatic carbocycles. The minimum Gasteiger partial charge on any atom is -0.475 e. The first-order chi connectivity index (χ1) is 22.5. The summed E-state index contributed by atoms with van der Waals surface area (Å²) in [4.78, 5) is 38.0. The second kappa shape index (κ2) is 14.3. The number of benzene rings is 1. The van der Waals surface area contributed by atoms with Gasteiger partial charge in [0.2, 0.25) is 0 Å². The first kappa shape index (κ1) is 35.7. The molecule has 48 heavy (non-hydrogen) atoms. The van der Waals surface area contributed by atoms with Gasteiger partial charge in [-0.1, -0.05) is 12.1 Å². The Morgan fingerprint density at radius 3 is 2.15 bits per heavy atom. The number of alkyl halides is 6. The van der Waals surface area contributed by atoms with Gasteiger partial charge in [-0.15, -0.1) is 0 Å². The van der Waals surface area contributed by atoms with E-state index in [-0.39, 0.29) is 11.4 Å². The van der Waals surface area contributed by atoms with Crippen LogP contribution in [0.2, 0.25) is 0 Å². The number of nitrogens with zero attached hydrogens (tertiary/aromatic N) is 4. The Balaban J connectivity index is 0.000000314. The fraction of sp³-hybridized carbons (Fsp3) is 0.387. The number of carbonyl (C=O) groups is 3. The zero-order chi connectivity index (χ0) is 35.3. The lowest BCUT2D eigenvalue weighted by atomic mass is 9.82. The highest BCUT2D eigenvalue weighted by Gasteiger charge is 2.43. The lowest BCUT2D eigenvalue weighted by Crippen LogP contribution is -2.50. The zero-order valence-electron chi connectivity index (χ0n) is 25.1. The molecule has 2 fully saturated rings. The van der Waals surface area contributed by atoms with Crippen LogP contribution in [0.3, 0.4) is 0 Å². The third-order valence-corrected chi connectivity index (χ3v) is 8.07. The van der Waals surface area contributed by atoms with E-state index in [4.69, 9.17) is 19.8 Å². The summed E-state index contributed by atoms with van der Waals surface area (Å²) in [6.07, 6.45) is -3.22. The van der Waals surface area contributed by atoms with E-state index in [0.717, 1.165) is 62.5 Å². The monoisotopic (exact) mass is 680 g/mol. The molecule has 1 spiro atoms. The van der Waals surface area contributed by atoms with Gasteiger partial charge in [0.1, 0.15) is 5.69 Å². The van der Waals surface area contributed by atoms with E-state index in [9.17, 15) is 36.4 Å². The van der Waals surface area contributed by atoms with Crippen molar-refractivity contribution in [2.24, 2.45) is 0 Å². The highest BCUT2D eigenvalue weighted by molar-refractivity contribution is 5.94. The summed E-state index contributed by atoms with van der Waals surface area (Å²) in [6.45, 7) is 2.68. The van der Waals surface area contributed by atoms with Crippen LogP contribution in [-0.2, 0) is 21.7 Å². The van der Waals surface area contributed by atoms with Gasteiger partial charge in [-0.2, -0.15) is 31.6 Å². The van der Waals surface area contributed by atoms with E-state index in [1.807, 2.05) is 30.3 Å². The van der Waals surface area contributed by atoms with Gasteiger partial charge in [-0.05, 0) is 74.1 Å². The van der Waals surface area contributed by atoms with Gasteiger partial charge < -0.3 is 20.8 Å². The standard InChI is InChI=1S/C27H28N6O.2C2HF3O2/c28-17-19-4-1-5-20(16-19)18-32-14-11-27(12-15-32)24-10-9-23(26(34)30-21-6-2-7-21)33(24)25-22(31-27)8-3-13-29-25;2*3-2(4,5)1(6)7/h1,3-5,8-10,13,16,21,31H,2,6-7,11-12,14-15,18H2,(H,30,34);2*(H,6,7). The number of piperidine rings is 1. The number of carboxylic acids is 2. The van der Waals surface area contributed by atoms with Gasteiger partial charge in [-0.3, -0.25) is 14.3 Å². The molecule has 3 aliphatic rings. The fourth-order valence-corrected chi connectivity index (χ4v) is 5.49. The molecule has 0 radical (unpaired) electrons. The van der Waals surface area contributed by atoms with Crippen molar-refractivity contribution < 1.29 is 50.9 Å². The topological polar surface area (TPSA) is 161 Å². The number of aliphatic carboxylic acids is 2. The number of rotatable bonds is 4. The number of pyridine rings is 1. The molecule has 0 bridgehead atoms. The molecule has 1 saturated carbocycles. The summed E-state index contributed by atoms with van der Waals surface area (Å²) >= 11 is 0. The molecule has 0 atom stereocenters. The molecule has 4 heterocycles. The smallest absolute Gasteiger partial charge is 0.475 e. The number of carbonyl (C=O) groups excluding carboxylic acids is 1. The number of hydrogen-bond donors (Lipinski definition) is 4. The highest BCUT2D eigenvalue weighted by Crippen LogP contribution is 2.44. The number of hydrogen-bond acceptors (Lipinski definition) is 7. The van der Waals surface area contributed by atoms with Crippen molar-refractivity contribution in [2.45, 2.75) is 62.6 Å². The lowest BCUT2D eigenvalue weighted by Gasteiger charge is -2.46. The maximum atomic E-state index is 13.2. The number of carboxylic acid groups (broad SMARTS) is 2. The highest BCUT2D eigenvalue weighted by atomic mass is 19.4. The molecule has 17 heteroatoms. The van der Waals surface area contributed by atoms with Crippen LogP contribution < -0.4 is 10.6 Å². The number of halogens is 6. The Hall–Kier alpha value is -5.11. The Morgan fingerprint density at radius 2 is 1.60 bits per heavy atom. The van der Waals surface area contributed by atoms with Crippen LogP contribution >= 0.6 is 0 Å². The second-order valence-electron chi connectivity index (χ2n) is 11.3. The molecule has 1 amide bonds. The van der Waals surface area contributed by atoms with E-state index in [2.05, 4.69) is 49.4 Å². The molecule has 3 aromatic rings. The molecule has 256 valence electrons. The number of anilines is 1. The van der Waals surface area contributed by atoms with Crippen molar-refractivity contribution in [3.8, 4) is 11.9 Å². The lowest BCUT2D eigenvalue weighted by molar-refractivity contribution is -0.193. The van der Waals surface area contributed by atoms with Crippen LogP contribution in [0.1, 0.15) is 59.4 Å². The van der Waals surface area contributed by atoms with Crippen LogP contribution in [0.15, 0.2) is 54.7 Å². The van der Waals surface area contributed by atoms with E-state index in [1.165, 1.54) is 12.0 Å². The average molecular weight is 681 g/mol. The van der Waals surface area contributed by atoms with Crippen LogP contribution in [0, 0.1) is 11.3 Å². The predicted octanol–water partition coefficient (Wildman–Crippen LogP) is 5.21. The van der Waals surface area contributed by atoms with Crippen LogP contribution in [-0.4, -0.2) is 74.0 Å². The second-order valence-corrected chi connectivity index (χ2v) is 11.3. The third kappa shape index (κ3) is 8.42. The Bertz CT molecular complexity index is 1660. The Kier molecular flexibility index (Phi) is 10.7. The van der Waals surface area contributed by atoms with E-state index >= 15 is 0 Å². The zero-order valence-corrected chi connectivity index (χ0v) is 25.1. The van der Waals surface area contributed by atoms with Gasteiger partial charge in [0, 0.05) is 31.9 Å². The van der Waals surface area contributed by atoms with Crippen molar-refractivity contribution in [1.29, 1.82) is 5.26 Å². The molecular formula is C31H30F6N6O5. The molecule has 6 rings (SSSR count). The summed E-state index contributed by atoms with van der Waals surface area (Å²) in [6, 6.07) is 18.4. The number of likely N-dealkylation sites (tertiary alicyclic amines) is 1. The minimum absolute atomic E-state index is 0.0144. The van der Waals surface area contributed by atoms with Crippen molar-refractivity contribution in [3.63, 3.8) is 0 Å². The number of fused-ring (bicyclic) bond motifs is 4. The van der Waals surface area contributed by atoms with Crippen LogP contribution in [0.25, 0.3) is 5.82 Å². The summed E-state index contributed by atoms with van der Waals surface area (Å²) < 4.78 is 65.5. The Labute approximate surface area is 269 Å². The quantitative estimate of drug-likeness (QED) is 0.271. The van der Waals surface area contributed by atoms with Crippen molar-refractivity contribution >= 4 is 23.5 Å². The summed E-state index contributed by atoms with van der Waals surface area (Å²) in [5, 5.41) is 30.5. The number of nitriles is 1. The fourth-order valence-electron chi connectivity index (χ4n) is 5.49. The maximum Gasteiger partial charge on any atom is 0.490 e. The first-order valence-electron chi connectivity index (χ1n) is 14.6. The number of nitrogens with one attached hydrogen (secondary N) is 2. The average Bonchev–Trinajstić information content (AvgIpc) is 3.47. The SMILES string of the molecule is N#Cc1cccc(CN2CCC3(CC2)Nc2cccnc2-n2c(C(=O)NC4CCC4)ccc23)c1.O=C(O)C(F)(F)F.O=C(O)C(F)(F)F. The summed E-state index contributed by atoms with van der Waals surface area (Å²) in [7, 11) is 0. The van der Waals surface area contributed by atoms with E-state index in [0.29, 0.717) is 17.3 Å².